The number of fused-ring (bicyclic) bond motifs is 4. The van der Waals surface area contributed by atoms with Crippen molar-refractivity contribution in [3.05, 3.63) is 59.1 Å². The maximum absolute atomic E-state index is 13.5. The van der Waals surface area contributed by atoms with Gasteiger partial charge in [0.25, 0.3) is 15.9 Å². The average molecular weight is 605 g/mol. The summed E-state index contributed by atoms with van der Waals surface area (Å²) in [5, 5.41) is 11.6. The number of aliphatic hydroxyl groups is 1. The first-order valence-electron chi connectivity index (χ1n) is 14.8. The van der Waals surface area contributed by atoms with Crippen molar-refractivity contribution >= 4 is 33.2 Å². The highest BCUT2D eigenvalue weighted by Gasteiger charge is 2.45. The van der Waals surface area contributed by atoms with Crippen LogP contribution in [0.4, 0.5) is 5.69 Å². The third kappa shape index (κ3) is 5.31. The summed E-state index contributed by atoms with van der Waals surface area (Å²) in [6.07, 6.45) is 3.77. The van der Waals surface area contributed by atoms with Crippen molar-refractivity contribution in [3.8, 4) is 11.5 Å². The number of carbonyl (C=O) groups excluding carboxylic acids is 1. The monoisotopic (exact) mass is 604 g/mol. The van der Waals surface area contributed by atoms with Crippen LogP contribution in [0.15, 0.2) is 53.4 Å². The Morgan fingerprint density at radius 3 is 2.76 bits per heavy atom. The van der Waals surface area contributed by atoms with Gasteiger partial charge in [-0.2, -0.15) is 0 Å². The van der Waals surface area contributed by atoms with Gasteiger partial charge in [0.05, 0.1) is 44.6 Å². The van der Waals surface area contributed by atoms with Gasteiger partial charge in [0.15, 0.2) is 0 Å². The topological polar surface area (TPSA) is 114 Å². The Morgan fingerprint density at radius 2 is 1.98 bits per heavy atom. The van der Waals surface area contributed by atoms with Gasteiger partial charge >= 0.3 is 0 Å². The molecule has 4 atom stereocenters. The second kappa shape index (κ2) is 10.5. The normalized spacial score (nSPS) is 33.2. The molecule has 1 amide bonds. The number of amides is 1. The minimum Gasteiger partial charge on any atom is -0.493 e. The minimum atomic E-state index is -4.36. The van der Waals surface area contributed by atoms with Crippen LogP contribution in [0.5, 0.6) is 11.5 Å². The fraction of sp³-hybridized carbons (Fsp3) is 0.500. The third-order valence-corrected chi connectivity index (χ3v) is 10.3. The van der Waals surface area contributed by atoms with Crippen LogP contribution in [-0.2, 0) is 25.0 Å². The molecule has 4 aliphatic rings. The minimum absolute atomic E-state index is 0.0447. The number of anilines is 1. The van der Waals surface area contributed by atoms with Crippen molar-refractivity contribution in [2.24, 2.45) is 11.8 Å². The zero-order chi connectivity index (χ0) is 30.8. The highest BCUT2D eigenvalue weighted by molar-refractivity contribution is 7.90. The summed E-state index contributed by atoms with van der Waals surface area (Å²) in [7, 11) is -4.36. The smallest absolute Gasteiger partial charge is 0.265 e. The first-order chi connectivity index (χ1) is 20.2. The average Bonchev–Trinajstić information content (AvgIpc) is 3.06. The molecular formula is C30H35ClN2O7S. The molecule has 1 fully saturated rings. The molecule has 1 spiro atoms. The summed E-state index contributed by atoms with van der Waals surface area (Å²) >= 11 is 6.28. The maximum atomic E-state index is 13.5. The van der Waals surface area contributed by atoms with Crippen LogP contribution < -0.4 is 19.1 Å². The molecule has 0 radical (unpaired) electrons. The van der Waals surface area contributed by atoms with E-state index in [1.807, 2.05) is 12.1 Å². The van der Waals surface area contributed by atoms with Gasteiger partial charge in [0.2, 0.25) is 0 Å². The van der Waals surface area contributed by atoms with E-state index in [-0.39, 0.29) is 16.7 Å². The number of aliphatic hydroxyl groups excluding tert-OH is 1. The predicted octanol–water partition coefficient (Wildman–Crippen LogP) is 3.82. The van der Waals surface area contributed by atoms with E-state index in [9.17, 15) is 18.3 Å². The van der Waals surface area contributed by atoms with Crippen molar-refractivity contribution in [2.45, 2.75) is 55.1 Å². The lowest BCUT2D eigenvalue weighted by Gasteiger charge is -2.45. The molecule has 1 aliphatic carbocycles. The number of hydrogen-bond acceptors (Lipinski definition) is 8. The van der Waals surface area contributed by atoms with E-state index in [1.165, 1.54) is 32.1 Å². The molecule has 3 heterocycles. The molecule has 0 unspecified atom stereocenters. The highest BCUT2D eigenvalue weighted by Crippen LogP contribution is 2.47. The highest BCUT2D eigenvalue weighted by atomic mass is 35.5. The van der Waals surface area contributed by atoms with Crippen molar-refractivity contribution in [1.82, 2.24) is 4.72 Å². The summed E-state index contributed by atoms with van der Waals surface area (Å²) in [5.74, 6) is 0.0695. The first kappa shape index (κ1) is 25.9. The van der Waals surface area contributed by atoms with Gasteiger partial charge in [-0.1, -0.05) is 29.8 Å². The Balaban J connectivity index is 1.45. The number of nitrogens with one attached hydrogen (secondary N) is 1. The van der Waals surface area contributed by atoms with Crippen LogP contribution in [0.25, 0.3) is 0 Å². The summed E-state index contributed by atoms with van der Waals surface area (Å²) in [5.41, 5.74) is -0.806. The van der Waals surface area contributed by atoms with Gasteiger partial charge in [0.1, 0.15) is 17.1 Å². The number of hydrogen-bond donors (Lipinski definition) is 2. The summed E-state index contributed by atoms with van der Waals surface area (Å²) in [6.45, 7) is 1.92. The lowest BCUT2D eigenvalue weighted by molar-refractivity contribution is -0.139. The molecule has 11 heteroatoms. The van der Waals surface area contributed by atoms with Gasteiger partial charge in [-0.15, -0.1) is 0 Å². The van der Waals surface area contributed by atoms with E-state index in [1.54, 1.807) is 12.1 Å². The molecular weight excluding hydrogens is 568 g/mol. The van der Waals surface area contributed by atoms with Crippen LogP contribution in [-0.4, -0.2) is 64.0 Å². The van der Waals surface area contributed by atoms with Crippen LogP contribution >= 0.6 is 11.6 Å². The van der Waals surface area contributed by atoms with E-state index in [0.717, 1.165) is 24.5 Å². The Morgan fingerprint density at radius 1 is 1.15 bits per heavy atom. The molecule has 2 aromatic carbocycles. The molecule has 0 saturated heterocycles. The number of benzene rings is 2. The Bertz CT molecular complexity index is 1580. The van der Waals surface area contributed by atoms with Crippen molar-refractivity contribution < 1.29 is 35.3 Å². The largest absolute Gasteiger partial charge is 0.493 e. The first-order valence-corrected chi connectivity index (χ1v) is 15.6. The summed E-state index contributed by atoms with van der Waals surface area (Å²) in [6, 6.07) is 10.1. The molecule has 220 valence electrons. The fourth-order valence-electron chi connectivity index (χ4n) is 6.13. The lowest BCUT2D eigenvalue weighted by Crippen LogP contribution is -2.50. The zero-order valence-corrected chi connectivity index (χ0v) is 24.5. The molecule has 41 heavy (non-hydrogen) atoms. The summed E-state index contributed by atoms with van der Waals surface area (Å²) in [4.78, 5) is 15.1. The molecule has 2 bridgehead atoms. The number of nitrogens with zero attached hydrogens (tertiary/aromatic N) is 1. The van der Waals surface area contributed by atoms with Crippen LogP contribution in [0.1, 0.15) is 41.4 Å². The van der Waals surface area contributed by atoms with E-state index in [0.29, 0.717) is 54.9 Å². The molecule has 6 rings (SSSR count). The van der Waals surface area contributed by atoms with Gasteiger partial charge < -0.3 is 24.2 Å². The predicted molar refractivity (Wildman–Crippen MR) is 154 cm³/mol. The van der Waals surface area contributed by atoms with Crippen LogP contribution in [0.3, 0.4) is 0 Å². The Labute approximate surface area is 248 Å². The quantitative estimate of drug-likeness (QED) is 0.436. The second-order valence-electron chi connectivity index (χ2n) is 11.8. The lowest BCUT2D eigenvalue weighted by atomic mass is 9.69. The third-order valence-electron chi connectivity index (χ3n) is 8.75. The molecule has 2 aromatic rings. The molecule has 3 aliphatic heterocycles. The van der Waals surface area contributed by atoms with E-state index < -0.39 is 39.6 Å². The Hall–Kier alpha value is -2.79. The van der Waals surface area contributed by atoms with E-state index in [4.69, 9.17) is 28.6 Å². The number of ether oxygens (including phenoxy) is 3. The van der Waals surface area contributed by atoms with Crippen LogP contribution in [0, 0.1) is 11.8 Å². The number of sulfonamides is 1. The summed E-state index contributed by atoms with van der Waals surface area (Å²) < 4.78 is 63.3. The molecule has 0 aromatic heterocycles. The second-order valence-corrected chi connectivity index (χ2v) is 14.0. The molecule has 9 nitrogen and oxygen atoms in total. The van der Waals surface area contributed by atoms with Crippen molar-refractivity contribution in [2.75, 3.05) is 37.8 Å². The number of halogens is 1. The van der Waals surface area contributed by atoms with Crippen molar-refractivity contribution in [3.63, 3.8) is 0 Å². The van der Waals surface area contributed by atoms with E-state index in [2.05, 4.69) is 9.62 Å². The SMILES string of the molecule is [2H]C1([2H])/C=C/[C@H](O)[C@@H]2CC[C@H]2CN2C[C@@]3(CCOc4cc(Cl)ccc43)COc3ccc(cc32)S(=O)(=O)NC(=O)C(C)(C)O1. The fourth-order valence-corrected chi connectivity index (χ4v) is 7.42. The standard InChI is InChI=1S/C30H35ClN2O7S/c1-29(2)28(35)32-41(36,37)21-7-10-26-24(15-21)33(16-19-5-8-22(19)25(34)4-3-12-40-29)17-30(18-39-26)11-13-38-27-14-20(31)6-9-23(27)30/h3-4,6-7,9-10,14-15,19,22,25,34H,5,8,11-13,16-18H2,1-2H3,(H,32,35)/b4-3+/t19-,22+,25-,30-/m0/s1/i12D2. The Kier molecular flexibility index (Phi) is 6.62. The van der Waals surface area contributed by atoms with Crippen molar-refractivity contribution in [1.29, 1.82) is 0 Å². The molecule has 2 N–H and O–H groups in total. The van der Waals surface area contributed by atoms with Crippen LogP contribution in [0.2, 0.25) is 5.02 Å². The van der Waals surface area contributed by atoms with Gasteiger partial charge in [-0.05, 0) is 75.3 Å². The number of carbonyl (C=O) groups is 1. The van der Waals surface area contributed by atoms with Gasteiger partial charge in [-0.25, -0.2) is 13.1 Å². The zero-order valence-electron chi connectivity index (χ0n) is 24.9. The maximum Gasteiger partial charge on any atom is 0.265 e. The van der Waals surface area contributed by atoms with E-state index >= 15 is 0 Å². The molecule has 1 saturated carbocycles. The van der Waals surface area contributed by atoms with Gasteiger partial charge in [0, 0.05) is 23.7 Å². The number of rotatable bonds is 0. The van der Waals surface area contributed by atoms with Gasteiger partial charge in [-0.3, -0.25) is 4.79 Å².